The van der Waals surface area contributed by atoms with Crippen LogP contribution in [0.5, 0.6) is 0 Å². The SMILES string of the molecule is CC(=O)OC[C@H]1OC(OC(C)=O)C[C@@H](O[C@@H]2O[C@H](COC(C)=O)[C@@H](O[C@@H]3O[C@H](COC(C)=O)[C@@H](O[C@@H]4O[C@H](COC(C)=O)[C@@H](OC(C)=O)[C@H](OC(C)=O)[C@H]4OC(C)=O)[C@H](OC(C)=O)[C@H]3OC(C)=O)[C@H](OC(C)=O)[C@H]2OC(C)=O)[C@@H]1OC(C)=O. The number of esters is 13. The molecule has 33 heteroatoms. The van der Waals surface area contributed by atoms with Gasteiger partial charge < -0.3 is 94.7 Å². The summed E-state index contributed by atoms with van der Waals surface area (Å²) in [6.45, 7) is 9.62. The lowest BCUT2D eigenvalue weighted by molar-refractivity contribution is -0.384. The third-order valence-corrected chi connectivity index (χ3v) is 11.7. The normalized spacial score (nSPS) is 32.0. The molecule has 0 bridgehead atoms. The average Bonchev–Trinajstić information content (AvgIpc) is 3.33. The summed E-state index contributed by atoms with van der Waals surface area (Å²) < 4.78 is 115. The van der Waals surface area contributed by atoms with Gasteiger partial charge in [0.05, 0.1) is 0 Å². The smallest absolute Gasteiger partial charge is 0.304 e. The fraction of sp³-hybridized carbons (Fsp3) is 0.740. The molecule has 33 nitrogen and oxygen atoms in total. The molecule has 19 atom stereocenters. The second-order valence-electron chi connectivity index (χ2n) is 18.8. The third-order valence-electron chi connectivity index (χ3n) is 11.7. The summed E-state index contributed by atoms with van der Waals surface area (Å²) in [5, 5.41) is 0. The highest BCUT2D eigenvalue weighted by atomic mass is 16.8. The number of rotatable bonds is 23. The van der Waals surface area contributed by atoms with E-state index in [1.165, 1.54) is 0 Å². The zero-order valence-corrected chi connectivity index (χ0v) is 47.5. The Labute approximate surface area is 473 Å². The molecule has 4 heterocycles. The van der Waals surface area contributed by atoms with Gasteiger partial charge in [-0.15, -0.1) is 0 Å². The summed E-state index contributed by atoms with van der Waals surface area (Å²) in [5.41, 5.74) is 0. The van der Waals surface area contributed by atoms with Gasteiger partial charge in [-0.1, -0.05) is 0 Å². The first-order valence-electron chi connectivity index (χ1n) is 25.5. The monoisotopic (exact) mass is 1200 g/mol. The van der Waals surface area contributed by atoms with Crippen LogP contribution < -0.4 is 0 Å². The van der Waals surface area contributed by atoms with Gasteiger partial charge in [0.2, 0.25) is 6.29 Å². The van der Waals surface area contributed by atoms with Gasteiger partial charge in [0.15, 0.2) is 67.7 Å². The maximum absolute atomic E-state index is 13.2. The van der Waals surface area contributed by atoms with E-state index < -0.39 is 227 Å². The molecule has 4 aliphatic rings. The van der Waals surface area contributed by atoms with Crippen molar-refractivity contribution in [2.75, 3.05) is 26.4 Å². The molecule has 83 heavy (non-hydrogen) atoms. The van der Waals surface area contributed by atoms with Crippen molar-refractivity contribution in [2.45, 2.75) is 213 Å². The Balaban J connectivity index is 1.94. The lowest BCUT2D eigenvalue weighted by Gasteiger charge is -2.50. The zero-order chi connectivity index (χ0) is 62.2. The van der Waals surface area contributed by atoms with Crippen LogP contribution in [0.1, 0.15) is 96.4 Å². The standard InChI is InChI=1S/C50H68O33/c1-19(51)64-15-33-38(69-24(6)56)32(14-37(77-33)68-23(5)55)78-48-45(74-29(11)61)43(72-27(9)59)40(35(79-48)17-66-21(3)53)82-50-47(76-31(13)63)44(73-28(10)60)41(36(81-50)18-67-22(4)54)83-49-46(75-30(12)62)42(71-26(8)58)39(70-25(7)57)34(80-49)16-65-20(2)52/h32-50H,14-18H2,1-13H3/t32-,33-,34-,35-,36-,37?,38+,39-,40-,41-,42+,43+,44+,45-,46-,47-,48-,49+,50+/m1/s1. The fourth-order valence-corrected chi connectivity index (χ4v) is 9.00. The molecule has 0 saturated carbocycles. The molecule has 4 rings (SSSR count). The maximum atomic E-state index is 13.2. The minimum atomic E-state index is -2.17. The first-order valence-corrected chi connectivity index (χ1v) is 25.5. The summed E-state index contributed by atoms with van der Waals surface area (Å²) in [5.74, 6) is -12.8. The summed E-state index contributed by atoms with van der Waals surface area (Å²) in [4.78, 5) is 165. The molecular formula is C50H68O33. The minimum absolute atomic E-state index is 0.463. The van der Waals surface area contributed by atoms with Gasteiger partial charge in [0, 0.05) is 96.4 Å². The van der Waals surface area contributed by atoms with E-state index in [0.29, 0.717) is 0 Å². The largest absolute Gasteiger partial charge is 0.463 e. The van der Waals surface area contributed by atoms with Gasteiger partial charge in [0.25, 0.3) is 0 Å². The highest BCUT2D eigenvalue weighted by molar-refractivity contribution is 5.71. The van der Waals surface area contributed by atoms with E-state index >= 15 is 0 Å². The van der Waals surface area contributed by atoms with Crippen LogP contribution in [0.25, 0.3) is 0 Å². The molecule has 0 spiro atoms. The van der Waals surface area contributed by atoms with Gasteiger partial charge in [-0.3, -0.25) is 62.3 Å². The molecule has 0 aromatic heterocycles. The van der Waals surface area contributed by atoms with Crippen LogP contribution in [0.3, 0.4) is 0 Å². The van der Waals surface area contributed by atoms with Gasteiger partial charge in [-0.25, -0.2) is 0 Å². The first kappa shape index (κ1) is 68.3. The van der Waals surface area contributed by atoms with Crippen molar-refractivity contribution in [1.82, 2.24) is 0 Å². The topological polar surface area (TPSA) is 407 Å². The number of ether oxygens (including phenoxy) is 20. The molecule has 0 aromatic carbocycles. The quantitative estimate of drug-likeness (QED) is 0.0847. The van der Waals surface area contributed by atoms with Crippen LogP contribution in [0.15, 0.2) is 0 Å². The van der Waals surface area contributed by atoms with Crippen LogP contribution >= 0.6 is 0 Å². The molecule has 1 unspecified atom stereocenters. The van der Waals surface area contributed by atoms with Crippen molar-refractivity contribution in [3.63, 3.8) is 0 Å². The van der Waals surface area contributed by atoms with Crippen molar-refractivity contribution in [3.05, 3.63) is 0 Å². The predicted octanol–water partition coefficient (Wildman–Crippen LogP) is -1.30. The van der Waals surface area contributed by atoms with Crippen molar-refractivity contribution < 1.29 is 157 Å². The van der Waals surface area contributed by atoms with E-state index in [2.05, 4.69) is 0 Å². The van der Waals surface area contributed by atoms with Gasteiger partial charge >= 0.3 is 77.6 Å². The van der Waals surface area contributed by atoms with Gasteiger partial charge in [-0.2, -0.15) is 0 Å². The molecule has 0 N–H and O–H groups in total. The van der Waals surface area contributed by atoms with E-state index in [1.807, 2.05) is 0 Å². The average molecular weight is 1200 g/mol. The van der Waals surface area contributed by atoms with Crippen LogP contribution in [0.2, 0.25) is 0 Å². The Morgan fingerprint density at radius 2 is 0.506 bits per heavy atom. The molecule has 4 fully saturated rings. The van der Waals surface area contributed by atoms with Crippen LogP contribution in [-0.2, 0) is 157 Å². The second kappa shape index (κ2) is 31.5. The minimum Gasteiger partial charge on any atom is -0.463 e. The number of carbonyl (C=O) groups excluding carboxylic acids is 13. The highest BCUT2D eigenvalue weighted by Gasteiger charge is 2.61. The van der Waals surface area contributed by atoms with Crippen molar-refractivity contribution in [1.29, 1.82) is 0 Å². The van der Waals surface area contributed by atoms with Gasteiger partial charge in [-0.05, 0) is 0 Å². The van der Waals surface area contributed by atoms with E-state index in [1.54, 1.807) is 0 Å². The lowest BCUT2D eigenvalue weighted by Crippen LogP contribution is -2.69. The van der Waals surface area contributed by atoms with Crippen molar-refractivity contribution in [3.8, 4) is 0 Å². The number of carbonyl (C=O) groups is 13. The van der Waals surface area contributed by atoms with Crippen LogP contribution in [-0.4, -0.2) is 221 Å². The Kier molecular flexibility index (Phi) is 25.9. The molecular weight excluding hydrogens is 1130 g/mol. The summed E-state index contributed by atoms with van der Waals surface area (Å²) in [7, 11) is 0. The molecule has 0 aliphatic carbocycles. The van der Waals surface area contributed by atoms with E-state index in [0.717, 1.165) is 90.0 Å². The van der Waals surface area contributed by atoms with Crippen LogP contribution in [0.4, 0.5) is 0 Å². The summed E-state index contributed by atoms with van der Waals surface area (Å²) >= 11 is 0. The maximum Gasteiger partial charge on any atom is 0.304 e. The Hall–Kier alpha value is -7.17. The lowest BCUT2D eigenvalue weighted by atomic mass is 9.95. The zero-order valence-electron chi connectivity index (χ0n) is 47.5. The molecule has 466 valence electrons. The number of hydrogen-bond donors (Lipinski definition) is 0. The molecule has 0 radical (unpaired) electrons. The van der Waals surface area contributed by atoms with E-state index in [9.17, 15) is 62.3 Å². The fourth-order valence-electron chi connectivity index (χ4n) is 9.00. The molecule has 4 saturated heterocycles. The van der Waals surface area contributed by atoms with Crippen molar-refractivity contribution >= 4 is 77.6 Å². The third kappa shape index (κ3) is 21.2. The highest BCUT2D eigenvalue weighted by Crippen LogP contribution is 2.39. The molecule has 4 aliphatic heterocycles. The van der Waals surface area contributed by atoms with Gasteiger partial charge in [0.1, 0.15) is 69.2 Å². The predicted molar refractivity (Wildman–Crippen MR) is 257 cm³/mol. The van der Waals surface area contributed by atoms with Crippen LogP contribution in [0, 0.1) is 0 Å². The Morgan fingerprint density at radius 1 is 0.265 bits per heavy atom. The molecule has 0 aromatic rings. The first-order chi connectivity index (χ1) is 38.8. The summed E-state index contributed by atoms with van der Waals surface area (Å²) in [6.07, 6.45) is -35.3. The van der Waals surface area contributed by atoms with E-state index in [-0.39, 0.29) is 0 Å². The van der Waals surface area contributed by atoms with E-state index in [4.69, 9.17) is 94.7 Å². The molecule has 0 amide bonds. The second-order valence-corrected chi connectivity index (χ2v) is 18.8. The Morgan fingerprint density at radius 3 is 0.807 bits per heavy atom. The number of hydrogen-bond acceptors (Lipinski definition) is 33. The summed E-state index contributed by atoms with van der Waals surface area (Å²) in [6, 6.07) is 0. The Bertz CT molecular complexity index is 2370. The van der Waals surface area contributed by atoms with Crippen molar-refractivity contribution in [2.24, 2.45) is 0 Å².